The molecule has 26 heavy (non-hydrogen) atoms. The lowest BCUT2D eigenvalue weighted by Crippen LogP contribution is -2.16. The largest absolute Gasteiger partial charge is 0.489 e. The molecular weight excluding hydrogens is 328 g/mol. The first-order chi connectivity index (χ1) is 12.8. The van der Waals surface area contributed by atoms with Crippen LogP contribution in [0.3, 0.4) is 0 Å². The number of anilines is 1. The highest BCUT2D eigenvalue weighted by molar-refractivity contribution is 6.06. The van der Waals surface area contributed by atoms with Gasteiger partial charge in [0.1, 0.15) is 30.3 Å². The molecule has 130 valence electrons. The van der Waals surface area contributed by atoms with E-state index >= 15 is 0 Å². The Hall–Kier alpha value is -3.12. The van der Waals surface area contributed by atoms with E-state index in [0.29, 0.717) is 25.6 Å². The Balaban J connectivity index is 1.57. The summed E-state index contributed by atoms with van der Waals surface area (Å²) in [5.74, 6) is 2.11. The van der Waals surface area contributed by atoms with Crippen molar-refractivity contribution in [2.75, 3.05) is 12.3 Å². The minimum atomic E-state index is 0.439. The normalized spacial score (nSPS) is 13.8. The van der Waals surface area contributed by atoms with Crippen LogP contribution >= 0.6 is 0 Å². The van der Waals surface area contributed by atoms with Gasteiger partial charge in [-0.15, -0.1) is 0 Å². The maximum Gasteiger partial charge on any atom is 0.152 e. The predicted octanol–water partition coefficient (Wildman–Crippen LogP) is 3.28. The van der Waals surface area contributed by atoms with E-state index in [1.165, 1.54) is 0 Å². The molecule has 0 saturated heterocycles. The summed E-state index contributed by atoms with van der Waals surface area (Å²) in [6.45, 7) is 2.48. The van der Waals surface area contributed by atoms with Crippen molar-refractivity contribution >= 4 is 27.8 Å². The number of nitrogens with two attached hydrogens (primary N) is 1. The number of benzene rings is 2. The molecule has 0 radical (unpaired) electrons. The summed E-state index contributed by atoms with van der Waals surface area (Å²) in [5.41, 5.74) is 9.90. The second-order valence-electron chi connectivity index (χ2n) is 6.38. The van der Waals surface area contributed by atoms with Gasteiger partial charge in [-0.3, -0.25) is 0 Å². The molecule has 0 spiro atoms. The molecule has 1 aliphatic rings. The van der Waals surface area contributed by atoms with E-state index in [0.717, 1.165) is 45.6 Å². The van der Waals surface area contributed by atoms with Gasteiger partial charge in [-0.05, 0) is 17.7 Å². The molecule has 0 aliphatic carbocycles. The van der Waals surface area contributed by atoms with Gasteiger partial charge in [0.15, 0.2) is 5.82 Å². The van der Waals surface area contributed by atoms with Gasteiger partial charge in [0.2, 0.25) is 0 Å². The van der Waals surface area contributed by atoms with Crippen LogP contribution in [0, 0.1) is 0 Å². The monoisotopic (exact) mass is 346 g/mol. The van der Waals surface area contributed by atoms with E-state index in [1.54, 1.807) is 0 Å². The van der Waals surface area contributed by atoms with Crippen molar-refractivity contribution in [3.05, 3.63) is 59.9 Å². The number of hydrogen-bond acceptors (Lipinski definition) is 5. The summed E-state index contributed by atoms with van der Waals surface area (Å²) in [6.07, 6.45) is 0. The molecule has 1 aliphatic heterocycles. The molecule has 0 bridgehead atoms. The average Bonchev–Trinajstić information content (AvgIpc) is 3.08. The fraction of sp³-hybridized carbons (Fsp3) is 0.200. The average molecular weight is 346 g/mol. The summed E-state index contributed by atoms with van der Waals surface area (Å²) in [7, 11) is 0. The quantitative estimate of drug-likeness (QED) is 0.616. The lowest BCUT2D eigenvalue weighted by atomic mass is 10.1. The standard InChI is InChI=1S/C20H18N4O2/c21-20-18-19(24-8-9-25-12-17(24)23-18)15-7-6-14(10-16(15)22-20)26-11-13-4-2-1-3-5-13/h1-7,10H,8-9,11-12H2,(H2,21,22). The van der Waals surface area contributed by atoms with Crippen molar-refractivity contribution in [3.8, 4) is 5.75 Å². The maximum atomic E-state index is 6.18. The number of aromatic nitrogens is 3. The number of nitrogen functional groups attached to an aromatic ring is 1. The molecule has 5 rings (SSSR count). The molecule has 0 amide bonds. The van der Waals surface area contributed by atoms with Gasteiger partial charge in [-0.2, -0.15) is 0 Å². The molecular formula is C20H18N4O2. The topological polar surface area (TPSA) is 75.2 Å². The summed E-state index contributed by atoms with van der Waals surface area (Å²) in [4.78, 5) is 9.16. The molecule has 6 nitrogen and oxygen atoms in total. The van der Waals surface area contributed by atoms with Crippen LogP contribution in [0.2, 0.25) is 0 Å². The second kappa shape index (κ2) is 6.00. The highest BCUT2D eigenvalue weighted by Crippen LogP contribution is 2.32. The van der Waals surface area contributed by atoms with E-state index in [-0.39, 0.29) is 0 Å². The number of pyridine rings is 1. The molecule has 2 N–H and O–H groups in total. The van der Waals surface area contributed by atoms with E-state index < -0.39 is 0 Å². The number of fused-ring (bicyclic) bond motifs is 5. The minimum Gasteiger partial charge on any atom is -0.489 e. The minimum absolute atomic E-state index is 0.439. The summed E-state index contributed by atoms with van der Waals surface area (Å²) in [5, 5.41) is 1.03. The number of ether oxygens (including phenoxy) is 2. The number of imidazole rings is 1. The Morgan fingerprint density at radius 2 is 2.00 bits per heavy atom. The Morgan fingerprint density at radius 1 is 1.12 bits per heavy atom. The first-order valence-corrected chi connectivity index (χ1v) is 8.62. The Labute approximate surface area is 150 Å². The smallest absolute Gasteiger partial charge is 0.152 e. The number of nitrogens with zero attached hydrogens (tertiary/aromatic N) is 3. The zero-order chi connectivity index (χ0) is 17.5. The fourth-order valence-electron chi connectivity index (χ4n) is 3.44. The van der Waals surface area contributed by atoms with Crippen LogP contribution in [0.1, 0.15) is 11.4 Å². The van der Waals surface area contributed by atoms with E-state index in [4.69, 9.17) is 15.2 Å². The van der Waals surface area contributed by atoms with E-state index in [9.17, 15) is 0 Å². The summed E-state index contributed by atoms with van der Waals surface area (Å²) in [6, 6.07) is 16.0. The zero-order valence-corrected chi connectivity index (χ0v) is 14.2. The lowest BCUT2D eigenvalue weighted by Gasteiger charge is -2.15. The Morgan fingerprint density at radius 3 is 2.88 bits per heavy atom. The lowest BCUT2D eigenvalue weighted by molar-refractivity contribution is 0.0831. The molecule has 4 aromatic rings. The third kappa shape index (κ3) is 2.46. The maximum absolute atomic E-state index is 6.18. The van der Waals surface area contributed by atoms with Gasteiger partial charge in [0, 0.05) is 18.0 Å². The number of rotatable bonds is 3. The Kier molecular flexibility index (Phi) is 3.50. The first kappa shape index (κ1) is 15.2. The van der Waals surface area contributed by atoms with Crippen LogP contribution in [-0.4, -0.2) is 21.1 Å². The molecule has 3 heterocycles. The third-order valence-electron chi connectivity index (χ3n) is 4.69. The van der Waals surface area contributed by atoms with Crippen molar-refractivity contribution in [2.45, 2.75) is 19.8 Å². The van der Waals surface area contributed by atoms with E-state index in [2.05, 4.69) is 14.5 Å². The molecule has 0 fully saturated rings. The van der Waals surface area contributed by atoms with Crippen LogP contribution in [0.4, 0.5) is 5.82 Å². The highest BCUT2D eigenvalue weighted by atomic mass is 16.5. The van der Waals surface area contributed by atoms with Crippen LogP contribution in [0.25, 0.3) is 21.9 Å². The van der Waals surface area contributed by atoms with Crippen molar-refractivity contribution in [1.82, 2.24) is 14.5 Å². The predicted molar refractivity (Wildman–Crippen MR) is 99.9 cm³/mol. The molecule has 2 aromatic heterocycles. The van der Waals surface area contributed by atoms with E-state index in [1.807, 2.05) is 48.5 Å². The first-order valence-electron chi connectivity index (χ1n) is 8.62. The molecule has 2 aromatic carbocycles. The summed E-state index contributed by atoms with van der Waals surface area (Å²) >= 11 is 0. The van der Waals surface area contributed by atoms with Crippen LogP contribution in [0.5, 0.6) is 5.75 Å². The SMILES string of the molecule is Nc1nc2cc(OCc3ccccc3)ccc2c2c1nc1n2CCOC1. The molecule has 0 unspecified atom stereocenters. The molecule has 0 atom stereocenters. The van der Waals surface area contributed by atoms with Gasteiger partial charge in [-0.1, -0.05) is 30.3 Å². The highest BCUT2D eigenvalue weighted by Gasteiger charge is 2.19. The van der Waals surface area contributed by atoms with Gasteiger partial charge in [0.05, 0.1) is 17.6 Å². The zero-order valence-electron chi connectivity index (χ0n) is 14.2. The Bertz CT molecular complexity index is 1110. The van der Waals surface area contributed by atoms with Gasteiger partial charge in [-0.25, -0.2) is 9.97 Å². The van der Waals surface area contributed by atoms with Crippen molar-refractivity contribution in [2.24, 2.45) is 0 Å². The van der Waals surface area contributed by atoms with Crippen molar-refractivity contribution < 1.29 is 9.47 Å². The fourth-order valence-corrected chi connectivity index (χ4v) is 3.44. The van der Waals surface area contributed by atoms with Crippen LogP contribution in [0.15, 0.2) is 48.5 Å². The second-order valence-corrected chi connectivity index (χ2v) is 6.38. The van der Waals surface area contributed by atoms with Gasteiger partial charge >= 0.3 is 0 Å². The third-order valence-corrected chi connectivity index (χ3v) is 4.69. The van der Waals surface area contributed by atoms with Gasteiger partial charge < -0.3 is 19.8 Å². The van der Waals surface area contributed by atoms with Crippen molar-refractivity contribution in [3.63, 3.8) is 0 Å². The van der Waals surface area contributed by atoms with Gasteiger partial charge in [0.25, 0.3) is 0 Å². The van der Waals surface area contributed by atoms with Crippen molar-refractivity contribution in [1.29, 1.82) is 0 Å². The van der Waals surface area contributed by atoms with Crippen LogP contribution < -0.4 is 10.5 Å². The summed E-state index contributed by atoms with van der Waals surface area (Å²) < 4.78 is 13.6. The number of hydrogen-bond donors (Lipinski definition) is 1. The molecule has 6 heteroatoms. The molecule has 0 saturated carbocycles. The van der Waals surface area contributed by atoms with Crippen LogP contribution in [-0.2, 0) is 24.5 Å².